The predicted molar refractivity (Wildman–Crippen MR) is 152 cm³/mol. The van der Waals surface area contributed by atoms with E-state index in [0.717, 1.165) is 73.8 Å². The fraction of sp³-hybridized carbons (Fsp3) is 0.500. The predicted octanol–water partition coefficient (Wildman–Crippen LogP) is 5.92. The number of hydrogen-bond acceptors (Lipinski definition) is 7. The molecule has 1 amide bonds. The van der Waals surface area contributed by atoms with Crippen molar-refractivity contribution in [3.63, 3.8) is 0 Å². The second kappa shape index (κ2) is 10.5. The molecule has 3 aromatic rings. The lowest BCUT2D eigenvalue weighted by molar-refractivity contribution is -0.119. The van der Waals surface area contributed by atoms with Crippen LogP contribution in [0.1, 0.15) is 77.5 Å². The standard InChI is InChI=1S/C30H38FN7O/c1-29(2,3)11-6-12-33-23-8-7-22(20-15-21(31)17-32-16-20)36-25(23)19-9-13-38(14-10-19)27-24-26(34-18-35-27)37-28(39)30(24,4)5/h7-8,15-19,33H,6,9-14H2,1-5H3,(H,34,35,37,39). The van der Waals surface area contributed by atoms with E-state index in [0.29, 0.717) is 16.8 Å². The van der Waals surface area contributed by atoms with Crippen LogP contribution in [-0.2, 0) is 10.2 Å². The Morgan fingerprint density at radius 1 is 1.15 bits per heavy atom. The van der Waals surface area contributed by atoms with Crippen molar-refractivity contribution in [2.75, 3.05) is 35.2 Å². The van der Waals surface area contributed by atoms with Crippen LogP contribution in [-0.4, -0.2) is 45.5 Å². The van der Waals surface area contributed by atoms with Crippen LogP contribution in [0.5, 0.6) is 0 Å². The van der Waals surface area contributed by atoms with Crippen molar-refractivity contribution >= 4 is 23.2 Å². The third kappa shape index (κ3) is 5.72. The second-order valence-electron chi connectivity index (χ2n) is 12.4. The van der Waals surface area contributed by atoms with Crippen molar-refractivity contribution in [3.05, 3.63) is 54.0 Å². The molecule has 2 N–H and O–H groups in total. The van der Waals surface area contributed by atoms with E-state index in [4.69, 9.17) is 4.98 Å². The molecule has 0 spiro atoms. The number of nitrogens with zero attached hydrogens (tertiary/aromatic N) is 5. The molecule has 5 heterocycles. The molecule has 1 saturated heterocycles. The van der Waals surface area contributed by atoms with Crippen LogP contribution in [0.15, 0.2) is 36.9 Å². The van der Waals surface area contributed by atoms with Crippen LogP contribution in [0.25, 0.3) is 11.3 Å². The van der Waals surface area contributed by atoms with Gasteiger partial charge in [0.25, 0.3) is 0 Å². The van der Waals surface area contributed by atoms with Crippen LogP contribution >= 0.6 is 0 Å². The maximum absolute atomic E-state index is 13.9. The zero-order valence-corrected chi connectivity index (χ0v) is 23.5. The van der Waals surface area contributed by atoms with Gasteiger partial charge in [0.05, 0.1) is 34.3 Å². The third-order valence-electron chi connectivity index (χ3n) is 7.78. The van der Waals surface area contributed by atoms with E-state index in [1.165, 1.54) is 18.6 Å². The Hall–Kier alpha value is -3.62. The molecule has 0 atom stereocenters. The van der Waals surface area contributed by atoms with Crippen LogP contribution < -0.4 is 15.5 Å². The summed E-state index contributed by atoms with van der Waals surface area (Å²) < 4.78 is 13.9. The topological polar surface area (TPSA) is 95.9 Å². The molecule has 0 aromatic carbocycles. The number of fused-ring (bicyclic) bond motifs is 1. The average Bonchev–Trinajstić information content (AvgIpc) is 3.14. The first-order valence-corrected chi connectivity index (χ1v) is 13.8. The number of aromatic nitrogens is 4. The number of hydrogen-bond donors (Lipinski definition) is 2. The molecule has 39 heavy (non-hydrogen) atoms. The van der Waals surface area contributed by atoms with Gasteiger partial charge in [-0.25, -0.2) is 14.4 Å². The Kier molecular flexibility index (Phi) is 7.27. The van der Waals surface area contributed by atoms with Gasteiger partial charge in [-0.2, -0.15) is 0 Å². The molecule has 0 unspecified atom stereocenters. The second-order valence-corrected chi connectivity index (χ2v) is 12.4. The summed E-state index contributed by atoms with van der Waals surface area (Å²) in [5.41, 5.74) is 3.92. The van der Waals surface area contributed by atoms with E-state index in [2.05, 4.69) is 57.3 Å². The van der Waals surface area contributed by atoms with Crippen molar-refractivity contribution in [1.29, 1.82) is 0 Å². The molecule has 0 bridgehead atoms. The highest BCUT2D eigenvalue weighted by atomic mass is 19.1. The molecule has 9 heteroatoms. The monoisotopic (exact) mass is 531 g/mol. The Balaban J connectivity index is 1.38. The van der Waals surface area contributed by atoms with Gasteiger partial charge >= 0.3 is 0 Å². The minimum absolute atomic E-state index is 0.0517. The van der Waals surface area contributed by atoms with Gasteiger partial charge in [-0.05, 0) is 63.1 Å². The third-order valence-corrected chi connectivity index (χ3v) is 7.78. The Labute approximate surface area is 229 Å². The van der Waals surface area contributed by atoms with E-state index in [1.807, 2.05) is 19.9 Å². The van der Waals surface area contributed by atoms with Gasteiger partial charge in [0, 0.05) is 37.3 Å². The zero-order chi connectivity index (χ0) is 27.8. The number of piperidine rings is 1. The highest BCUT2D eigenvalue weighted by molar-refractivity contribution is 6.06. The van der Waals surface area contributed by atoms with Gasteiger partial charge in [-0.3, -0.25) is 14.8 Å². The highest BCUT2D eigenvalue weighted by Gasteiger charge is 2.43. The summed E-state index contributed by atoms with van der Waals surface area (Å²) in [6.07, 6.45) is 8.35. The first kappa shape index (κ1) is 27.0. The molecule has 2 aliphatic heterocycles. The Bertz CT molecular complexity index is 1360. The van der Waals surface area contributed by atoms with Gasteiger partial charge in [0.2, 0.25) is 5.91 Å². The molecule has 2 aliphatic rings. The van der Waals surface area contributed by atoms with Crippen molar-refractivity contribution in [3.8, 4) is 11.3 Å². The first-order chi connectivity index (χ1) is 18.5. The van der Waals surface area contributed by atoms with Gasteiger partial charge in [0.1, 0.15) is 23.8 Å². The number of amides is 1. The maximum atomic E-state index is 13.9. The Morgan fingerprint density at radius 2 is 1.92 bits per heavy atom. The van der Waals surface area contributed by atoms with Crippen LogP contribution in [0.4, 0.5) is 21.7 Å². The molecule has 206 valence electrons. The summed E-state index contributed by atoms with van der Waals surface area (Å²) in [5.74, 6) is 1.24. The summed E-state index contributed by atoms with van der Waals surface area (Å²) in [6, 6.07) is 5.49. The smallest absolute Gasteiger partial charge is 0.235 e. The zero-order valence-electron chi connectivity index (χ0n) is 23.5. The fourth-order valence-electron chi connectivity index (χ4n) is 5.52. The molecule has 0 radical (unpaired) electrons. The number of pyridine rings is 2. The lowest BCUT2D eigenvalue weighted by atomic mass is 9.86. The molecule has 0 saturated carbocycles. The number of halogens is 1. The fourth-order valence-corrected chi connectivity index (χ4v) is 5.52. The Morgan fingerprint density at radius 3 is 2.64 bits per heavy atom. The minimum Gasteiger partial charge on any atom is -0.384 e. The SMILES string of the molecule is CC(C)(C)CCCNc1ccc(-c2cncc(F)c2)nc1C1CCN(c2ncnc3c2C(C)(C)C(=O)N3)CC1. The van der Waals surface area contributed by atoms with Crippen molar-refractivity contribution in [2.24, 2.45) is 5.41 Å². The molecule has 1 fully saturated rings. The molecule has 8 nitrogen and oxygen atoms in total. The minimum atomic E-state index is -0.679. The summed E-state index contributed by atoms with van der Waals surface area (Å²) in [4.78, 5) is 32.8. The van der Waals surface area contributed by atoms with Crippen molar-refractivity contribution < 1.29 is 9.18 Å². The maximum Gasteiger partial charge on any atom is 0.235 e. The first-order valence-electron chi connectivity index (χ1n) is 13.8. The van der Waals surface area contributed by atoms with Crippen molar-refractivity contribution in [1.82, 2.24) is 19.9 Å². The summed E-state index contributed by atoms with van der Waals surface area (Å²) in [5, 5.41) is 6.54. The van der Waals surface area contributed by atoms with Crippen LogP contribution in [0.2, 0.25) is 0 Å². The van der Waals surface area contributed by atoms with E-state index >= 15 is 0 Å². The van der Waals surface area contributed by atoms with E-state index in [9.17, 15) is 9.18 Å². The summed E-state index contributed by atoms with van der Waals surface area (Å²) in [6.45, 7) is 13.1. The molecular weight excluding hydrogens is 493 g/mol. The largest absolute Gasteiger partial charge is 0.384 e. The number of anilines is 3. The van der Waals surface area contributed by atoms with Gasteiger partial charge in [0.15, 0.2) is 0 Å². The van der Waals surface area contributed by atoms with Crippen LogP contribution in [0, 0.1) is 11.2 Å². The number of nitrogens with one attached hydrogen (secondary N) is 2. The van der Waals surface area contributed by atoms with Crippen LogP contribution in [0.3, 0.4) is 0 Å². The van der Waals surface area contributed by atoms with E-state index in [-0.39, 0.29) is 17.6 Å². The normalized spacial score (nSPS) is 17.2. The number of carbonyl (C=O) groups is 1. The van der Waals surface area contributed by atoms with Gasteiger partial charge < -0.3 is 15.5 Å². The highest BCUT2D eigenvalue weighted by Crippen LogP contribution is 2.43. The quantitative estimate of drug-likeness (QED) is 0.365. The molecule has 5 rings (SSSR count). The van der Waals surface area contributed by atoms with E-state index < -0.39 is 5.41 Å². The lowest BCUT2D eigenvalue weighted by Gasteiger charge is -2.35. The lowest BCUT2D eigenvalue weighted by Crippen LogP contribution is -2.36. The van der Waals surface area contributed by atoms with Gasteiger partial charge in [-0.1, -0.05) is 20.8 Å². The molecule has 0 aliphatic carbocycles. The number of rotatable bonds is 7. The summed E-state index contributed by atoms with van der Waals surface area (Å²) >= 11 is 0. The average molecular weight is 532 g/mol. The van der Waals surface area contributed by atoms with E-state index in [1.54, 1.807) is 6.20 Å². The number of carbonyl (C=O) groups excluding carboxylic acids is 1. The van der Waals surface area contributed by atoms with Crippen molar-refractivity contribution in [2.45, 2.75) is 71.6 Å². The summed E-state index contributed by atoms with van der Waals surface area (Å²) in [7, 11) is 0. The molecular formula is C30H38FN7O. The molecule has 3 aromatic heterocycles. The van der Waals surface area contributed by atoms with Gasteiger partial charge in [-0.15, -0.1) is 0 Å².